The number of rotatable bonds is 6. The van der Waals surface area contributed by atoms with Crippen LogP contribution >= 0.6 is 11.6 Å². The van der Waals surface area contributed by atoms with Gasteiger partial charge in [0.1, 0.15) is 29.0 Å². The van der Waals surface area contributed by atoms with E-state index in [9.17, 15) is 4.79 Å². The zero-order valence-electron chi connectivity index (χ0n) is 16.6. The average Bonchev–Trinajstić information content (AvgIpc) is 3.15. The molecule has 29 heavy (non-hydrogen) atoms. The van der Waals surface area contributed by atoms with Gasteiger partial charge in [0.2, 0.25) is 0 Å². The predicted molar refractivity (Wildman–Crippen MR) is 112 cm³/mol. The largest absolute Gasteiger partial charge is 0.497 e. The number of hydrogen-bond donors (Lipinski definition) is 1. The van der Waals surface area contributed by atoms with Gasteiger partial charge < -0.3 is 24.1 Å². The smallest absolute Gasteiger partial charge is 0.268 e. The molecule has 0 aliphatic carbocycles. The second kappa shape index (κ2) is 7.87. The molecule has 6 nitrogen and oxygen atoms in total. The van der Waals surface area contributed by atoms with Crippen molar-refractivity contribution in [2.75, 3.05) is 14.2 Å². The van der Waals surface area contributed by atoms with Crippen LogP contribution < -0.4 is 19.5 Å². The van der Waals surface area contributed by atoms with Crippen LogP contribution in [0.3, 0.4) is 0 Å². The van der Waals surface area contributed by atoms with Gasteiger partial charge in [-0.3, -0.25) is 4.79 Å². The molecule has 0 unspecified atom stereocenters. The Bertz CT molecular complexity index is 1080. The number of carbonyl (C=O) groups excluding carboxylic acids is 1. The first-order chi connectivity index (χ1) is 14.0. The highest BCUT2D eigenvalue weighted by Crippen LogP contribution is 2.38. The van der Waals surface area contributed by atoms with Crippen molar-refractivity contribution in [1.82, 2.24) is 9.88 Å². The van der Waals surface area contributed by atoms with Crippen LogP contribution in [0.1, 0.15) is 29.4 Å². The lowest BCUT2D eigenvalue weighted by molar-refractivity contribution is 0.0935. The van der Waals surface area contributed by atoms with E-state index in [1.807, 2.05) is 41.0 Å². The van der Waals surface area contributed by atoms with Crippen molar-refractivity contribution in [3.05, 3.63) is 52.7 Å². The molecule has 1 aromatic heterocycles. The van der Waals surface area contributed by atoms with Gasteiger partial charge >= 0.3 is 0 Å². The summed E-state index contributed by atoms with van der Waals surface area (Å²) in [6.45, 7) is 2.99. The van der Waals surface area contributed by atoms with Crippen molar-refractivity contribution in [2.24, 2.45) is 0 Å². The van der Waals surface area contributed by atoms with Crippen LogP contribution in [0, 0.1) is 0 Å². The van der Waals surface area contributed by atoms with Crippen LogP contribution in [0.4, 0.5) is 0 Å². The van der Waals surface area contributed by atoms with Gasteiger partial charge in [0.25, 0.3) is 5.91 Å². The van der Waals surface area contributed by atoms with Crippen LogP contribution in [0.25, 0.3) is 10.9 Å². The quantitative estimate of drug-likeness (QED) is 0.648. The molecule has 0 saturated carbocycles. The molecule has 0 radical (unpaired) electrons. The van der Waals surface area contributed by atoms with Crippen molar-refractivity contribution in [1.29, 1.82) is 0 Å². The predicted octanol–water partition coefficient (Wildman–Crippen LogP) is 4.41. The average molecular weight is 415 g/mol. The number of amides is 1. The summed E-state index contributed by atoms with van der Waals surface area (Å²) < 4.78 is 18.7. The van der Waals surface area contributed by atoms with Gasteiger partial charge in [-0.2, -0.15) is 0 Å². The van der Waals surface area contributed by atoms with Crippen LogP contribution in [0.5, 0.6) is 17.2 Å². The monoisotopic (exact) mass is 414 g/mol. The highest BCUT2D eigenvalue weighted by Gasteiger charge is 2.27. The molecule has 0 fully saturated rings. The van der Waals surface area contributed by atoms with Gasteiger partial charge in [0.05, 0.1) is 31.3 Å². The van der Waals surface area contributed by atoms with E-state index in [1.54, 1.807) is 14.2 Å². The first kappa shape index (κ1) is 19.5. The van der Waals surface area contributed by atoms with Crippen molar-refractivity contribution < 1.29 is 19.0 Å². The van der Waals surface area contributed by atoms with Crippen molar-refractivity contribution in [3.8, 4) is 17.2 Å². The Balaban J connectivity index is 1.65. The van der Waals surface area contributed by atoms with E-state index in [1.165, 1.54) is 0 Å². The van der Waals surface area contributed by atoms with Gasteiger partial charge in [0.15, 0.2) is 0 Å². The molecular formula is C22H23ClN2O4. The molecule has 3 aromatic rings. The number of nitrogens with one attached hydrogen (secondary N) is 1. The van der Waals surface area contributed by atoms with Crippen molar-refractivity contribution >= 4 is 28.4 Å². The molecular weight excluding hydrogens is 392 g/mol. The van der Waals surface area contributed by atoms with Crippen LogP contribution in [-0.2, 0) is 13.1 Å². The third-order valence-corrected chi connectivity index (χ3v) is 5.59. The highest BCUT2D eigenvalue weighted by atomic mass is 35.5. The van der Waals surface area contributed by atoms with E-state index in [2.05, 4.69) is 12.2 Å². The van der Waals surface area contributed by atoms with E-state index >= 15 is 0 Å². The maximum atomic E-state index is 13.1. The van der Waals surface area contributed by atoms with Crippen molar-refractivity contribution in [3.63, 3.8) is 0 Å². The van der Waals surface area contributed by atoms with E-state index < -0.39 is 0 Å². The van der Waals surface area contributed by atoms with Crippen LogP contribution in [-0.4, -0.2) is 30.8 Å². The minimum atomic E-state index is -0.176. The first-order valence-electron chi connectivity index (χ1n) is 9.53. The summed E-state index contributed by atoms with van der Waals surface area (Å²) in [5.41, 5.74) is 2.27. The van der Waals surface area contributed by atoms with E-state index in [0.717, 1.165) is 28.6 Å². The van der Waals surface area contributed by atoms with E-state index in [-0.39, 0.29) is 12.0 Å². The molecule has 0 spiro atoms. The molecule has 1 aliphatic heterocycles. The summed E-state index contributed by atoms with van der Waals surface area (Å²) >= 11 is 6.39. The Morgan fingerprint density at radius 2 is 2.07 bits per heavy atom. The zero-order chi connectivity index (χ0) is 20.5. The highest BCUT2D eigenvalue weighted by molar-refractivity contribution is 6.36. The third-order valence-electron chi connectivity index (χ3n) is 5.26. The van der Waals surface area contributed by atoms with Gasteiger partial charge in [-0.15, -0.1) is 0 Å². The Morgan fingerprint density at radius 1 is 1.24 bits per heavy atom. The summed E-state index contributed by atoms with van der Waals surface area (Å²) in [4.78, 5) is 13.1. The third kappa shape index (κ3) is 3.49. The Morgan fingerprint density at radius 3 is 2.79 bits per heavy atom. The van der Waals surface area contributed by atoms with Crippen LogP contribution in [0.2, 0.25) is 5.02 Å². The molecule has 2 heterocycles. The fourth-order valence-electron chi connectivity index (χ4n) is 3.71. The first-order valence-corrected chi connectivity index (χ1v) is 9.91. The number of benzene rings is 2. The Labute approximate surface area is 174 Å². The summed E-state index contributed by atoms with van der Waals surface area (Å²) in [5, 5.41) is 4.42. The number of halogens is 1. The molecule has 1 N–H and O–H groups in total. The minimum Gasteiger partial charge on any atom is -0.497 e. The number of aromatic nitrogens is 1. The van der Waals surface area contributed by atoms with Crippen LogP contribution in [0.15, 0.2) is 36.4 Å². The normalized spacial score (nSPS) is 15.1. The standard InChI is InChI=1S/C22H23ClN2O4/c1-4-14-12-25-18(10-16-17(23)6-8-20(29-14)21(16)25)22(26)24-11-13-9-15(27-2)5-7-19(13)28-3/h5-10,14H,4,11-12H2,1-3H3,(H,24,26)/t14-/m1/s1. The second-order valence-electron chi connectivity index (χ2n) is 6.96. The van der Waals surface area contributed by atoms with E-state index in [4.69, 9.17) is 25.8 Å². The number of carbonyl (C=O) groups is 1. The molecule has 4 rings (SSSR count). The molecule has 152 valence electrons. The number of ether oxygens (including phenoxy) is 3. The maximum absolute atomic E-state index is 13.1. The number of nitrogens with zero attached hydrogens (tertiary/aromatic N) is 1. The molecule has 1 amide bonds. The molecule has 0 bridgehead atoms. The lowest BCUT2D eigenvalue weighted by Gasteiger charge is -2.26. The summed E-state index contributed by atoms with van der Waals surface area (Å²) in [6.07, 6.45) is 0.869. The molecule has 1 atom stereocenters. The van der Waals surface area contributed by atoms with Gasteiger partial charge in [-0.05, 0) is 42.8 Å². The van der Waals surface area contributed by atoms with E-state index in [0.29, 0.717) is 35.3 Å². The van der Waals surface area contributed by atoms with Gasteiger partial charge in [-0.25, -0.2) is 0 Å². The summed E-state index contributed by atoms with van der Waals surface area (Å²) in [6, 6.07) is 11.0. The molecule has 0 saturated heterocycles. The van der Waals surface area contributed by atoms with Crippen molar-refractivity contribution in [2.45, 2.75) is 32.5 Å². The Kier molecular flexibility index (Phi) is 5.28. The summed E-state index contributed by atoms with van der Waals surface area (Å²) in [7, 11) is 3.21. The number of methoxy groups -OCH3 is 2. The maximum Gasteiger partial charge on any atom is 0.268 e. The lowest BCUT2D eigenvalue weighted by Crippen LogP contribution is -2.31. The topological polar surface area (TPSA) is 61.7 Å². The zero-order valence-corrected chi connectivity index (χ0v) is 17.4. The fourth-order valence-corrected chi connectivity index (χ4v) is 3.91. The Hall–Kier alpha value is -2.86. The fraction of sp³-hybridized carbons (Fsp3) is 0.318. The second-order valence-corrected chi connectivity index (χ2v) is 7.36. The van der Waals surface area contributed by atoms with Gasteiger partial charge in [-0.1, -0.05) is 18.5 Å². The molecule has 1 aliphatic rings. The molecule has 7 heteroatoms. The number of hydrogen-bond acceptors (Lipinski definition) is 4. The molecule has 2 aromatic carbocycles. The SMILES string of the molecule is CC[C@@H]1Cn2c(C(=O)NCc3cc(OC)ccc3OC)cc3c(Cl)ccc(c32)O1. The lowest BCUT2D eigenvalue weighted by atomic mass is 10.2. The summed E-state index contributed by atoms with van der Waals surface area (Å²) in [5.74, 6) is 1.98. The minimum absolute atomic E-state index is 0.0179. The van der Waals surface area contributed by atoms with Gasteiger partial charge in [0, 0.05) is 17.5 Å².